The molecule has 1 aliphatic heterocycles. The highest BCUT2D eigenvalue weighted by Crippen LogP contribution is 2.26. The second-order valence-electron chi connectivity index (χ2n) is 8.68. The molecule has 1 saturated heterocycles. The van der Waals surface area contributed by atoms with Crippen molar-refractivity contribution in [2.45, 2.75) is 65.2 Å². The zero-order chi connectivity index (χ0) is 21.3. The van der Waals surface area contributed by atoms with E-state index in [2.05, 4.69) is 23.7 Å². The first-order valence-electron chi connectivity index (χ1n) is 9.94. The molecule has 1 fully saturated rings. The first-order chi connectivity index (χ1) is 13.5. The summed E-state index contributed by atoms with van der Waals surface area (Å²) in [6.07, 6.45) is 2.71. The number of ether oxygens (including phenoxy) is 2. The molecule has 0 aromatic carbocycles. The third-order valence-corrected chi connectivity index (χ3v) is 4.92. The number of nitrogens with zero attached hydrogens (tertiary/aromatic N) is 3. The van der Waals surface area contributed by atoms with Gasteiger partial charge in [-0.05, 0) is 59.6 Å². The molecular weight excluding hydrogens is 374 g/mol. The number of aromatic carboxylic acids is 1. The highest BCUT2D eigenvalue weighted by Gasteiger charge is 2.26. The number of carboxylic acid groups (broad SMARTS) is 1. The smallest absolute Gasteiger partial charge is 0.420 e. The SMILES string of the molecule is CC(C)N1CCC(Oc2cnc3c(c2)cc(C(=O)O)n3C(=O)OC(C)(C)C)CC1. The van der Waals surface area contributed by atoms with E-state index in [1.54, 1.807) is 26.8 Å². The Kier molecular flexibility index (Phi) is 5.84. The lowest BCUT2D eigenvalue weighted by atomic mass is 10.1. The van der Waals surface area contributed by atoms with Crippen LogP contribution in [0.15, 0.2) is 18.3 Å². The highest BCUT2D eigenvalue weighted by molar-refractivity contribution is 5.99. The van der Waals surface area contributed by atoms with Crippen LogP contribution >= 0.6 is 0 Å². The summed E-state index contributed by atoms with van der Waals surface area (Å²) in [5.41, 5.74) is -0.708. The summed E-state index contributed by atoms with van der Waals surface area (Å²) in [6.45, 7) is 11.5. The number of piperidine rings is 1. The second kappa shape index (κ2) is 8.02. The van der Waals surface area contributed by atoms with E-state index in [0.29, 0.717) is 17.2 Å². The lowest BCUT2D eigenvalue weighted by molar-refractivity contribution is 0.0512. The maximum absolute atomic E-state index is 12.5. The highest BCUT2D eigenvalue weighted by atomic mass is 16.6. The first-order valence-corrected chi connectivity index (χ1v) is 9.94. The molecule has 0 spiro atoms. The fraction of sp³-hybridized carbons (Fsp3) is 0.571. The van der Waals surface area contributed by atoms with Crippen molar-refractivity contribution in [2.75, 3.05) is 13.1 Å². The molecule has 8 heteroatoms. The number of carbonyl (C=O) groups is 2. The van der Waals surface area contributed by atoms with Gasteiger partial charge >= 0.3 is 12.1 Å². The molecule has 0 atom stereocenters. The van der Waals surface area contributed by atoms with E-state index < -0.39 is 17.7 Å². The van der Waals surface area contributed by atoms with Crippen molar-refractivity contribution < 1.29 is 24.2 Å². The predicted octanol–water partition coefficient (Wildman–Crippen LogP) is 3.77. The standard InChI is InChI=1S/C21H29N3O5/c1-13(2)23-8-6-15(7-9-23)28-16-10-14-11-17(19(25)26)24(18(14)22-12-16)20(27)29-21(3,4)5/h10-13,15H,6-9H2,1-5H3,(H,25,26). The molecule has 2 aromatic rings. The zero-order valence-corrected chi connectivity index (χ0v) is 17.6. The number of aromatic nitrogens is 2. The molecule has 3 heterocycles. The molecule has 0 aliphatic carbocycles. The van der Waals surface area contributed by atoms with Gasteiger partial charge in [-0.3, -0.25) is 0 Å². The van der Waals surface area contributed by atoms with Gasteiger partial charge in [0.15, 0.2) is 5.65 Å². The Morgan fingerprint density at radius 1 is 1.21 bits per heavy atom. The number of fused-ring (bicyclic) bond motifs is 1. The first kappa shape index (κ1) is 21.1. The van der Waals surface area contributed by atoms with Crippen molar-refractivity contribution in [3.05, 3.63) is 24.0 Å². The summed E-state index contributed by atoms with van der Waals surface area (Å²) in [7, 11) is 0. The maximum atomic E-state index is 12.5. The van der Waals surface area contributed by atoms with Crippen molar-refractivity contribution in [1.29, 1.82) is 0 Å². The number of carboxylic acids is 1. The summed E-state index contributed by atoms with van der Waals surface area (Å²) < 4.78 is 12.4. The van der Waals surface area contributed by atoms with Gasteiger partial charge in [0.1, 0.15) is 23.1 Å². The number of rotatable bonds is 4. The van der Waals surface area contributed by atoms with Crippen LogP contribution in [0.3, 0.4) is 0 Å². The van der Waals surface area contributed by atoms with Crippen molar-refractivity contribution in [1.82, 2.24) is 14.5 Å². The number of pyridine rings is 1. The minimum Gasteiger partial charge on any atom is -0.489 e. The Morgan fingerprint density at radius 3 is 2.41 bits per heavy atom. The molecule has 1 aliphatic rings. The van der Waals surface area contributed by atoms with Crippen LogP contribution in [-0.2, 0) is 4.74 Å². The van der Waals surface area contributed by atoms with E-state index >= 15 is 0 Å². The average molecular weight is 403 g/mol. The summed E-state index contributed by atoms with van der Waals surface area (Å²) in [5.74, 6) is -0.656. The normalized spacial score (nSPS) is 16.3. The largest absolute Gasteiger partial charge is 0.489 e. The summed E-state index contributed by atoms with van der Waals surface area (Å²) in [4.78, 5) is 30.9. The van der Waals surface area contributed by atoms with Crippen molar-refractivity contribution in [3.8, 4) is 5.75 Å². The monoisotopic (exact) mass is 403 g/mol. The molecular formula is C21H29N3O5. The van der Waals surface area contributed by atoms with Crippen LogP contribution in [-0.4, -0.2) is 62.5 Å². The van der Waals surface area contributed by atoms with Gasteiger partial charge in [0.2, 0.25) is 0 Å². The van der Waals surface area contributed by atoms with E-state index in [9.17, 15) is 14.7 Å². The molecule has 1 N–H and O–H groups in total. The van der Waals surface area contributed by atoms with Crippen LogP contribution in [0.4, 0.5) is 4.79 Å². The van der Waals surface area contributed by atoms with Gasteiger partial charge in [0, 0.05) is 24.5 Å². The number of hydrogen-bond donors (Lipinski definition) is 1. The average Bonchev–Trinajstić information content (AvgIpc) is 3.00. The third-order valence-electron chi connectivity index (χ3n) is 4.92. The van der Waals surface area contributed by atoms with Gasteiger partial charge < -0.3 is 19.5 Å². The van der Waals surface area contributed by atoms with E-state index in [-0.39, 0.29) is 17.4 Å². The topological polar surface area (TPSA) is 93.9 Å². The fourth-order valence-electron chi connectivity index (χ4n) is 3.49. The van der Waals surface area contributed by atoms with Gasteiger partial charge in [0.05, 0.1) is 6.20 Å². The van der Waals surface area contributed by atoms with Gasteiger partial charge in [-0.2, -0.15) is 0 Å². The molecule has 3 rings (SSSR count). The quantitative estimate of drug-likeness (QED) is 0.830. The molecule has 158 valence electrons. The Morgan fingerprint density at radius 2 is 1.86 bits per heavy atom. The van der Waals surface area contributed by atoms with Crippen molar-refractivity contribution in [3.63, 3.8) is 0 Å². The van der Waals surface area contributed by atoms with Gasteiger partial charge in [0.25, 0.3) is 0 Å². The van der Waals surface area contributed by atoms with E-state index in [0.717, 1.165) is 30.5 Å². The predicted molar refractivity (Wildman–Crippen MR) is 109 cm³/mol. The Hall–Kier alpha value is -2.61. The minimum atomic E-state index is -1.22. The lowest BCUT2D eigenvalue weighted by Crippen LogP contribution is -2.41. The molecule has 29 heavy (non-hydrogen) atoms. The molecule has 0 radical (unpaired) electrons. The third kappa shape index (κ3) is 4.87. The zero-order valence-electron chi connectivity index (χ0n) is 17.6. The van der Waals surface area contributed by atoms with Crippen molar-refractivity contribution >= 4 is 23.1 Å². The molecule has 0 unspecified atom stereocenters. The van der Waals surface area contributed by atoms with Crippen LogP contribution in [0.1, 0.15) is 57.9 Å². The molecule has 8 nitrogen and oxygen atoms in total. The molecule has 0 bridgehead atoms. The van der Waals surface area contributed by atoms with E-state index in [1.807, 2.05) is 0 Å². The second-order valence-corrected chi connectivity index (χ2v) is 8.68. The summed E-state index contributed by atoms with van der Waals surface area (Å²) in [6, 6.07) is 3.67. The minimum absolute atomic E-state index is 0.0936. The van der Waals surface area contributed by atoms with Gasteiger partial charge in [-0.1, -0.05) is 0 Å². The van der Waals surface area contributed by atoms with Crippen LogP contribution in [0.25, 0.3) is 11.0 Å². The molecule has 0 amide bonds. The Bertz CT molecular complexity index is 905. The van der Waals surface area contributed by atoms with Gasteiger partial charge in [-0.25, -0.2) is 19.1 Å². The van der Waals surface area contributed by atoms with Crippen LogP contribution < -0.4 is 4.74 Å². The number of carbonyl (C=O) groups excluding carboxylic acids is 1. The number of likely N-dealkylation sites (tertiary alicyclic amines) is 1. The van der Waals surface area contributed by atoms with E-state index in [1.165, 1.54) is 12.3 Å². The van der Waals surface area contributed by atoms with E-state index in [4.69, 9.17) is 9.47 Å². The molecule has 0 saturated carbocycles. The van der Waals surface area contributed by atoms with Crippen LogP contribution in [0.5, 0.6) is 5.75 Å². The summed E-state index contributed by atoms with van der Waals surface area (Å²) in [5, 5.41) is 10.0. The maximum Gasteiger partial charge on any atom is 0.420 e. The van der Waals surface area contributed by atoms with Crippen LogP contribution in [0.2, 0.25) is 0 Å². The van der Waals surface area contributed by atoms with Crippen LogP contribution in [0, 0.1) is 0 Å². The Labute approximate surface area is 170 Å². The Balaban J connectivity index is 1.83. The lowest BCUT2D eigenvalue weighted by Gasteiger charge is -2.34. The molecule has 2 aromatic heterocycles. The summed E-state index contributed by atoms with van der Waals surface area (Å²) >= 11 is 0. The fourth-order valence-corrected chi connectivity index (χ4v) is 3.49. The van der Waals surface area contributed by atoms with Gasteiger partial charge in [-0.15, -0.1) is 0 Å². The van der Waals surface area contributed by atoms with Crippen molar-refractivity contribution in [2.24, 2.45) is 0 Å². The number of hydrogen-bond acceptors (Lipinski definition) is 6.